The van der Waals surface area contributed by atoms with Gasteiger partial charge >= 0.3 is 0 Å². The third kappa shape index (κ3) is 2.31. The molecule has 94 valence electrons. The Balaban J connectivity index is 2.48. The summed E-state index contributed by atoms with van der Waals surface area (Å²) in [4.78, 5) is 3.95. The summed E-state index contributed by atoms with van der Waals surface area (Å²) in [5.74, 6) is 0.0484. The van der Waals surface area contributed by atoms with Crippen molar-refractivity contribution in [3.63, 3.8) is 0 Å². The number of anilines is 1. The first-order valence-corrected chi connectivity index (χ1v) is 7.59. The Bertz CT molecular complexity index is 532. The second kappa shape index (κ2) is 4.55. The number of rotatable bonds is 2. The lowest BCUT2D eigenvalue weighted by Crippen LogP contribution is -2.34. The van der Waals surface area contributed by atoms with Gasteiger partial charge in [-0.2, -0.15) is 4.31 Å². The Morgan fingerprint density at radius 3 is 2.88 bits per heavy atom. The van der Waals surface area contributed by atoms with E-state index in [1.165, 1.54) is 16.6 Å². The van der Waals surface area contributed by atoms with Crippen LogP contribution in [0.4, 0.5) is 5.82 Å². The van der Waals surface area contributed by atoms with Crippen molar-refractivity contribution in [3.05, 3.63) is 16.7 Å². The molecule has 1 saturated heterocycles. The fourth-order valence-corrected chi connectivity index (χ4v) is 4.31. The Morgan fingerprint density at radius 1 is 1.59 bits per heavy atom. The fraction of sp³-hybridized carbons (Fsp3) is 0.500. The molecule has 17 heavy (non-hydrogen) atoms. The Kier molecular flexibility index (Phi) is 3.42. The van der Waals surface area contributed by atoms with Gasteiger partial charge in [0, 0.05) is 23.3 Å². The highest BCUT2D eigenvalue weighted by atomic mass is 79.9. The van der Waals surface area contributed by atoms with Crippen LogP contribution in [0.5, 0.6) is 0 Å². The number of sulfonamides is 1. The van der Waals surface area contributed by atoms with E-state index in [2.05, 4.69) is 20.9 Å². The highest BCUT2D eigenvalue weighted by molar-refractivity contribution is 9.10. The molecule has 5 nitrogen and oxygen atoms in total. The zero-order chi connectivity index (χ0) is 12.6. The number of aromatic nitrogens is 1. The Labute approximate surface area is 109 Å². The summed E-state index contributed by atoms with van der Waals surface area (Å²) in [6.45, 7) is 2.46. The SMILES string of the molecule is CC1CCCN1S(=O)(=O)c1cc(Br)cnc1N. The molecule has 0 saturated carbocycles. The van der Waals surface area contributed by atoms with Crippen LogP contribution in [-0.4, -0.2) is 30.3 Å². The molecule has 1 fully saturated rings. The van der Waals surface area contributed by atoms with Crippen LogP contribution in [0.2, 0.25) is 0 Å². The van der Waals surface area contributed by atoms with Crippen molar-refractivity contribution >= 4 is 31.8 Å². The monoisotopic (exact) mass is 319 g/mol. The van der Waals surface area contributed by atoms with Crippen LogP contribution < -0.4 is 5.73 Å². The first-order valence-electron chi connectivity index (χ1n) is 5.36. The van der Waals surface area contributed by atoms with E-state index in [9.17, 15) is 8.42 Å². The molecule has 0 spiro atoms. The van der Waals surface area contributed by atoms with Crippen LogP contribution in [0.1, 0.15) is 19.8 Å². The lowest BCUT2D eigenvalue weighted by molar-refractivity contribution is 0.408. The number of hydrogen-bond acceptors (Lipinski definition) is 4. The zero-order valence-electron chi connectivity index (χ0n) is 9.43. The minimum absolute atomic E-state index is 0.0263. The third-order valence-corrected chi connectivity index (χ3v) is 5.40. The topological polar surface area (TPSA) is 76.3 Å². The zero-order valence-corrected chi connectivity index (χ0v) is 11.8. The molecular weight excluding hydrogens is 306 g/mol. The molecular formula is C10H14BrN3O2S. The molecule has 0 bridgehead atoms. The van der Waals surface area contributed by atoms with Gasteiger partial charge in [-0.1, -0.05) is 0 Å². The van der Waals surface area contributed by atoms with Crippen LogP contribution in [0.15, 0.2) is 21.6 Å². The van der Waals surface area contributed by atoms with Crippen LogP contribution >= 0.6 is 15.9 Å². The number of nitrogens with zero attached hydrogens (tertiary/aromatic N) is 2. The van der Waals surface area contributed by atoms with E-state index < -0.39 is 10.0 Å². The van der Waals surface area contributed by atoms with E-state index in [1.54, 1.807) is 0 Å². The quantitative estimate of drug-likeness (QED) is 0.898. The minimum Gasteiger partial charge on any atom is -0.383 e. The molecule has 0 radical (unpaired) electrons. The summed E-state index contributed by atoms with van der Waals surface area (Å²) in [6, 6.07) is 1.53. The predicted octanol–water partition coefficient (Wildman–Crippen LogP) is 1.60. The number of nitrogen functional groups attached to an aromatic ring is 1. The van der Waals surface area contributed by atoms with Gasteiger partial charge in [-0.3, -0.25) is 0 Å². The van der Waals surface area contributed by atoms with Gasteiger partial charge < -0.3 is 5.73 Å². The van der Waals surface area contributed by atoms with Crippen LogP contribution in [0.25, 0.3) is 0 Å². The normalized spacial score (nSPS) is 21.9. The van der Waals surface area contributed by atoms with Gasteiger partial charge in [-0.05, 0) is 41.8 Å². The first-order chi connectivity index (χ1) is 7.93. The van der Waals surface area contributed by atoms with Gasteiger partial charge in [0.25, 0.3) is 0 Å². The lowest BCUT2D eigenvalue weighted by atomic mass is 10.3. The predicted molar refractivity (Wildman–Crippen MR) is 68.9 cm³/mol. The van der Waals surface area contributed by atoms with Gasteiger partial charge in [-0.25, -0.2) is 13.4 Å². The highest BCUT2D eigenvalue weighted by Crippen LogP contribution is 2.29. The van der Waals surface area contributed by atoms with Crippen molar-refractivity contribution in [1.29, 1.82) is 0 Å². The molecule has 2 N–H and O–H groups in total. The van der Waals surface area contributed by atoms with Crippen molar-refractivity contribution < 1.29 is 8.42 Å². The van der Waals surface area contributed by atoms with E-state index in [1.807, 2.05) is 6.92 Å². The summed E-state index contributed by atoms with van der Waals surface area (Å²) < 4.78 is 26.9. The van der Waals surface area contributed by atoms with Crippen LogP contribution in [0, 0.1) is 0 Å². The number of nitrogens with two attached hydrogens (primary N) is 1. The van der Waals surface area contributed by atoms with Crippen molar-refractivity contribution in [2.75, 3.05) is 12.3 Å². The molecule has 1 aliphatic rings. The van der Waals surface area contributed by atoms with E-state index >= 15 is 0 Å². The van der Waals surface area contributed by atoms with E-state index in [-0.39, 0.29) is 16.8 Å². The summed E-state index contributed by atoms with van der Waals surface area (Å²) in [7, 11) is -3.53. The lowest BCUT2D eigenvalue weighted by Gasteiger charge is -2.21. The molecule has 1 unspecified atom stereocenters. The molecule has 1 aromatic heterocycles. The van der Waals surface area contributed by atoms with Gasteiger partial charge in [0.05, 0.1) is 0 Å². The molecule has 1 aromatic rings. The van der Waals surface area contributed by atoms with Gasteiger partial charge in [0.15, 0.2) is 0 Å². The molecule has 0 aromatic carbocycles. The highest BCUT2D eigenvalue weighted by Gasteiger charge is 2.34. The second-order valence-electron chi connectivity index (χ2n) is 4.14. The maximum atomic E-state index is 12.4. The molecule has 0 amide bonds. The largest absolute Gasteiger partial charge is 0.383 e. The van der Waals surface area contributed by atoms with Crippen molar-refractivity contribution in [3.8, 4) is 0 Å². The van der Waals surface area contributed by atoms with E-state index in [4.69, 9.17) is 5.73 Å². The van der Waals surface area contributed by atoms with Crippen LogP contribution in [0.3, 0.4) is 0 Å². The smallest absolute Gasteiger partial charge is 0.247 e. The van der Waals surface area contributed by atoms with Gasteiger partial charge in [0.1, 0.15) is 10.7 Å². The maximum absolute atomic E-state index is 12.4. The molecule has 2 rings (SSSR count). The maximum Gasteiger partial charge on any atom is 0.247 e. The van der Waals surface area contributed by atoms with Crippen molar-refractivity contribution in [1.82, 2.24) is 9.29 Å². The minimum atomic E-state index is -3.53. The van der Waals surface area contributed by atoms with E-state index in [0.29, 0.717) is 11.0 Å². The molecule has 1 aliphatic heterocycles. The second-order valence-corrected chi connectivity index (χ2v) is 6.92. The number of hydrogen-bond donors (Lipinski definition) is 1. The van der Waals surface area contributed by atoms with E-state index in [0.717, 1.165) is 12.8 Å². The fourth-order valence-electron chi connectivity index (χ4n) is 2.03. The summed E-state index contributed by atoms with van der Waals surface area (Å²) in [5, 5.41) is 0. The Hall–Kier alpha value is -0.660. The average molecular weight is 320 g/mol. The summed E-state index contributed by atoms with van der Waals surface area (Å²) >= 11 is 3.21. The van der Waals surface area contributed by atoms with Gasteiger partial charge in [-0.15, -0.1) is 0 Å². The standard InChI is InChI=1S/C10H14BrN3O2S/c1-7-3-2-4-14(7)17(15,16)9-5-8(11)6-13-10(9)12/h5-7H,2-4H2,1H3,(H2,12,13). The third-order valence-electron chi connectivity index (χ3n) is 2.93. The first kappa shape index (κ1) is 12.8. The molecule has 2 heterocycles. The number of halogens is 1. The Morgan fingerprint density at radius 2 is 2.29 bits per heavy atom. The van der Waals surface area contributed by atoms with Gasteiger partial charge in [0.2, 0.25) is 10.0 Å². The summed E-state index contributed by atoms with van der Waals surface area (Å²) in [6.07, 6.45) is 3.27. The van der Waals surface area contributed by atoms with Crippen molar-refractivity contribution in [2.45, 2.75) is 30.7 Å². The number of pyridine rings is 1. The average Bonchev–Trinajstić information content (AvgIpc) is 2.68. The molecule has 7 heteroatoms. The van der Waals surface area contributed by atoms with Crippen LogP contribution in [-0.2, 0) is 10.0 Å². The molecule has 0 aliphatic carbocycles. The summed E-state index contributed by atoms with van der Waals surface area (Å²) in [5.41, 5.74) is 5.65. The molecule has 1 atom stereocenters. The van der Waals surface area contributed by atoms with Crippen molar-refractivity contribution in [2.24, 2.45) is 0 Å².